The third-order valence-corrected chi connectivity index (χ3v) is 2.55. The maximum absolute atomic E-state index is 5.84. The van der Waals surface area contributed by atoms with Crippen molar-refractivity contribution < 1.29 is 0 Å². The van der Waals surface area contributed by atoms with Crippen LogP contribution in [-0.2, 0) is 0 Å². The summed E-state index contributed by atoms with van der Waals surface area (Å²) in [6, 6.07) is 4.84. The minimum absolute atomic E-state index is 0.175. The van der Waals surface area contributed by atoms with Gasteiger partial charge in [0, 0.05) is 18.6 Å². The molecule has 1 aromatic heterocycles. The molecule has 0 aliphatic heterocycles. The molecule has 1 fully saturated rings. The van der Waals surface area contributed by atoms with Crippen molar-refractivity contribution in [2.24, 2.45) is 5.73 Å². The van der Waals surface area contributed by atoms with E-state index in [4.69, 9.17) is 5.73 Å². The Morgan fingerprint density at radius 2 is 2.20 bits per heavy atom. The van der Waals surface area contributed by atoms with Crippen molar-refractivity contribution in [3.8, 4) is 0 Å². The second kappa shape index (κ2) is 4.14. The lowest BCUT2D eigenvalue weighted by Crippen LogP contribution is -2.37. The zero-order chi connectivity index (χ0) is 10.8. The minimum atomic E-state index is 0.175. The van der Waals surface area contributed by atoms with Gasteiger partial charge in [0.25, 0.3) is 0 Å². The summed E-state index contributed by atoms with van der Waals surface area (Å²) in [6.07, 6.45) is 2.50. The van der Waals surface area contributed by atoms with Crippen molar-refractivity contribution in [2.75, 3.05) is 11.4 Å². The van der Waals surface area contributed by atoms with E-state index in [1.807, 2.05) is 26.0 Å². The molecule has 1 aromatic rings. The van der Waals surface area contributed by atoms with Crippen molar-refractivity contribution in [1.29, 1.82) is 0 Å². The van der Waals surface area contributed by atoms with Gasteiger partial charge in [0.2, 0.25) is 0 Å². The van der Waals surface area contributed by atoms with E-state index in [0.29, 0.717) is 6.04 Å². The highest BCUT2D eigenvalue weighted by Crippen LogP contribution is 2.30. The van der Waals surface area contributed by atoms with E-state index < -0.39 is 0 Å². The Hall–Kier alpha value is -1.16. The quantitative estimate of drug-likeness (QED) is 0.801. The van der Waals surface area contributed by atoms with Gasteiger partial charge in [0.15, 0.2) is 5.82 Å². The van der Waals surface area contributed by atoms with Crippen LogP contribution in [0.5, 0.6) is 0 Å². The standard InChI is InChI=1S/C11H18N4/c1-8(12)7-15(10-4-5-10)11-6-3-9(2)13-14-11/h3,6,8,10H,4-5,7,12H2,1-2H3. The Morgan fingerprint density at radius 1 is 1.47 bits per heavy atom. The lowest BCUT2D eigenvalue weighted by molar-refractivity contribution is 0.661. The van der Waals surface area contributed by atoms with Gasteiger partial charge >= 0.3 is 0 Å². The Bertz CT molecular complexity index is 316. The molecule has 0 bridgehead atoms. The molecule has 0 saturated heterocycles. The fourth-order valence-corrected chi connectivity index (χ4v) is 1.67. The SMILES string of the molecule is Cc1ccc(N(CC(C)N)C2CC2)nn1. The maximum atomic E-state index is 5.84. The number of aromatic nitrogens is 2. The summed E-state index contributed by atoms with van der Waals surface area (Å²) in [6.45, 7) is 4.84. The summed E-state index contributed by atoms with van der Waals surface area (Å²) in [4.78, 5) is 2.27. The first-order chi connectivity index (χ1) is 7.16. The van der Waals surface area contributed by atoms with E-state index in [-0.39, 0.29) is 6.04 Å². The van der Waals surface area contributed by atoms with Gasteiger partial charge in [-0.2, -0.15) is 5.10 Å². The number of nitrogens with zero attached hydrogens (tertiary/aromatic N) is 3. The summed E-state index contributed by atoms with van der Waals surface area (Å²) >= 11 is 0. The summed E-state index contributed by atoms with van der Waals surface area (Å²) in [5.74, 6) is 0.959. The summed E-state index contributed by atoms with van der Waals surface area (Å²) < 4.78 is 0. The van der Waals surface area contributed by atoms with Crippen LogP contribution < -0.4 is 10.6 Å². The number of aryl methyl sites for hydroxylation is 1. The van der Waals surface area contributed by atoms with E-state index in [0.717, 1.165) is 18.1 Å². The van der Waals surface area contributed by atoms with Crippen LogP contribution >= 0.6 is 0 Å². The lowest BCUT2D eigenvalue weighted by atomic mass is 10.3. The molecule has 0 aromatic carbocycles. The zero-order valence-corrected chi connectivity index (χ0v) is 9.35. The normalized spacial score (nSPS) is 17.5. The molecule has 1 aliphatic carbocycles. The van der Waals surface area contributed by atoms with E-state index >= 15 is 0 Å². The topological polar surface area (TPSA) is 55.0 Å². The monoisotopic (exact) mass is 206 g/mol. The van der Waals surface area contributed by atoms with Crippen LogP contribution in [0.1, 0.15) is 25.5 Å². The Balaban J connectivity index is 2.13. The number of hydrogen-bond acceptors (Lipinski definition) is 4. The minimum Gasteiger partial charge on any atom is -0.351 e. The van der Waals surface area contributed by atoms with Gasteiger partial charge in [-0.1, -0.05) is 0 Å². The van der Waals surface area contributed by atoms with Crippen molar-refractivity contribution in [1.82, 2.24) is 10.2 Å². The van der Waals surface area contributed by atoms with Gasteiger partial charge in [0.1, 0.15) is 0 Å². The van der Waals surface area contributed by atoms with Crippen LogP contribution in [0.2, 0.25) is 0 Å². The molecule has 1 saturated carbocycles. The average Bonchev–Trinajstić information content (AvgIpc) is 2.99. The van der Waals surface area contributed by atoms with E-state index in [1.54, 1.807) is 0 Å². The fourth-order valence-electron chi connectivity index (χ4n) is 1.67. The first-order valence-corrected chi connectivity index (χ1v) is 5.49. The Labute approximate surface area is 90.5 Å². The van der Waals surface area contributed by atoms with E-state index in [1.165, 1.54) is 12.8 Å². The van der Waals surface area contributed by atoms with Crippen LogP contribution in [0.4, 0.5) is 5.82 Å². The first kappa shape index (κ1) is 10.4. The van der Waals surface area contributed by atoms with Crippen LogP contribution in [0.3, 0.4) is 0 Å². The van der Waals surface area contributed by atoms with Crippen LogP contribution in [-0.4, -0.2) is 28.8 Å². The average molecular weight is 206 g/mol. The van der Waals surface area contributed by atoms with Gasteiger partial charge < -0.3 is 10.6 Å². The van der Waals surface area contributed by atoms with E-state index in [2.05, 4.69) is 15.1 Å². The molecule has 1 atom stereocenters. The molecule has 2 rings (SSSR count). The van der Waals surface area contributed by atoms with Crippen molar-refractivity contribution in [2.45, 2.75) is 38.8 Å². The molecular formula is C11H18N4. The smallest absolute Gasteiger partial charge is 0.151 e. The van der Waals surface area contributed by atoms with Gasteiger partial charge in [-0.15, -0.1) is 5.10 Å². The third-order valence-electron chi connectivity index (χ3n) is 2.55. The van der Waals surface area contributed by atoms with Gasteiger partial charge in [-0.3, -0.25) is 0 Å². The highest BCUT2D eigenvalue weighted by molar-refractivity contribution is 5.40. The van der Waals surface area contributed by atoms with Crippen LogP contribution in [0, 0.1) is 6.92 Å². The summed E-state index contributed by atoms with van der Waals surface area (Å²) in [5.41, 5.74) is 6.79. The molecule has 82 valence electrons. The molecule has 0 amide bonds. The third kappa shape index (κ3) is 2.65. The molecule has 4 nitrogen and oxygen atoms in total. The second-order valence-corrected chi connectivity index (χ2v) is 4.39. The summed E-state index contributed by atoms with van der Waals surface area (Å²) in [5, 5.41) is 8.30. The fraction of sp³-hybridized carbons (Fsp3) is 0.636. The first-order valence-electron chi connectivity index (χ1n) is 5.49. The number of nitrogens with two attached hydrogens (primary N) is 1. The number of rotatable bonds is 4. The second-order valence-electron chi connectivity index (χ2n) is 4.39. The number of anilines is 1. The van der Waals surface area contributed by atoms with E-state index in [9.17, 15) is 0 Å². The molecule has 1 heterocycles. The molecular weight excluding hydrogens is 188 g/mol. The van der Waals surface area contributed by atoms with Gasteiger partial charge in [0.05, 0.1) is 5.69 Å². The van der Waals surface area contributed by atoms with Crippen molar-refractivity contribution >= 4 is 5.82 Å². The van der Waals surface area contributed by atoms with Gasteiger partial charge in [-0.05, 0) is 38.8 Å². The Kier molecular flexibility index (Phi) is 2.86. The van der Waals surface area contributed by atoms with Crippen molar-refractivity contribution in [3.05, 3.63) is 17.8 Å². The number of hydrogen-bond donors (Lipinski definition) is 1. The molecule has 1 unspecified atom stereocenters. The maximum Gasteiger partial charge on any atom is 0.151 e. The molecule has 0 spiro atoms. The molecule has 4 heteroatoms. The zero-order valence-electron chi connectivity index (χ0n) is 9.35. The highest BCUT2D eigenvalue weighted by atomic mass is 15.3. The van der Waals surface area contributed by atoms with Crippen LogP contribution in [0.15, 0.2) is 12.1 Å². The predicted molar refractivity (Wildman–Crippen MR) is 60.8 cm³/mol. The largest absolute Gasteiger partial charge is 0.351 e. The highest BCUT2D eigenvalue weighted by Gasteiger charge is 2.30. The molecule has 2 N–H and O–H groups in total. The van der Waals surface area contributed by atoms with Crippen LogP contribution in [0.25, 0.3) is 0 Å². The molecule has 0 radical (unpaired) electrons. The lowest BCUT2D eigenvalue weighted by Gasteiger charge is -2.24. The van der Waals surface area contributed by atoms with Crippen molar-refractivity contribution in [3.63, 3.8) is 0 Å². The Morgan fingerprint density at radius 3 is 2.67 bits per heavy atom. The molecule has 15 heavy (non-hydrogen) atoms. The molecule has 1 aliphatic rings. The van der Waals surface area contributed by atoms with Gasteiger partial charge in [-0.25, -0.2) is 0 Å². The summed E-state index contributed by atoms with van der Waals surface area (Å²) in [7, 11) is 0. The predicted octanol–water partition coefficient (Wildman–Crippen LogP) is 1.10.